The fraction of sp³-hybridized carbons (Fsp3) is 0.476. The zero-order valence-corrected chi connectivity index (χ0v) is 18.5. The van der Waals surface area contributed by atoms with Crippen molar-refractivity contribution in [1.29, 1.82) is 0 Å². The van der Waals surface area contributed by atoms with Crippen LogP contribution in [0.2, 0.25) is 0 Å². The lowest BCUT2D eigenvalue weighted by molar-refractivity contribution is -0.133. The maximum absolute atomic E-state index is 12.5. The second kappa shape index (κ2) is 10.3. The molecule has 0 saturated carbocycles. The molecular formula is C21H29N3O3S2. The Balaban J connectivity index is 1.35. The van der Waals surface area contributed by atoms with Crippen LogP contribution in [0.3, 0.4) is 0 Å². The van der Waals surface area contributed by atoms with Crippen LogP contribution in [0.1, 0.15) is 18.4 Å². The standard InChI is InChI=1S/C21H29N3O3S2/c1-22(29(26,27)21-10-6-18-28-21)12-5-9-20(25)24-16-14-23(15-17-24)13-11-19-7-3-2-4-8-19/h2-4,6-8,10,18H,5,9,11-17H2,1H3. The Bertz CT molecular complexity index is 862. The summed E-state index contributed by atoms with van der Waals surface area (Å²) in [7, 11) is -1.86. The van der Waals surface area contributed by atoms with Crippen LogP contribution in [-0.4, -0.2) is 74.7 Å². The number of carbonyl (C=O) groups excluding carboxylic acids is 1. The lowest BCUT2D eigenvalue weighted by Gasteiger charge is -2.35. The molecule has 3 rings (SSSR count). The zero-order chi connectivity index (χ0) is 20.7. The average Bonchev–Trinajstić information content (AvgIpc) is 3.29. The Morgan fingerprint density at radius 2 is 1.79 bits per heavy atom. The van der Waals surface area contributed by atoms with Gasteiger partial charge in [0.2, 0.25) is 5.91 Å². The number of amides is 1. The van der Waals surface area contributed by atoms with Crippen molar-refractivity contribution in [1.82, 2.24) is 14.1 Å². The molecule has 1 fully saturated rings. The first-order chi connectivity index (χ1) is 14.0. The SMILES string of the molecule is CN(CCCC(=O)N1CCN(CCc2ccccc2)CC1)S(=O)(=O)c1cccs1. The molecule has 2 heterocycles. The molecule has 0 N–H and O–H groups in total. The highest BCUT2D eigenvalue weighted by Gasteiger charge is 2.23. The second-order valence-electron chi connectivity index (χ2n) is 7.32. The molecule has 0 atom stereocenters. The van der Waals surface area contributed by atoms with Crippen molar-refractivity contribution in [2.75, 3.05) is 46.3 Å². The molecule has 6 nitrogen and oxygen atoms in total. The van der Waals surface area contributed by atoms with Gasteiger partial charge in [-0.05, 0) is 29.9 Å². The summed E-state index contributed by atoms with van der Waals surface area (Å²) in [5.74, 6) is 0.120. The zero-order valence-electron chi connectivity index (χ0n) is 16.9. The van der Waals surface area contributed by atoms with Gasteiger partial charge >= 0.3 is 0 Å². The van der Waals surface area contributed by atoms with E-state index < -0.39 is 10.0 Å². The quantitative estimate of drug-likeness (QED) is 0.607. The third-order valence-corrected chi connectivity index (χ3v) is 8.54. The number of carbonyl (C=O) groups is 1. The molecule has 29 heavy (non-hydrogen) atoms. The van der Waals surface area contributed by atoms with E-state index in [1.54, 1.807) is 24.6 Å². The number of benzene rings is 1. The summed E-state index contributed by atoms with van der Waals surface area (Å²) in [5.41, 5.74) is 1.34. The van der Waals surface area contributed by atoms with Gasteiger partial charge in [0.25, 0.3) is 10.0 Å². The minimum absolute atomic E-state index is 0.120. The summed E-state index contributed by atoms with van der Waals surface area (Å²) in [6.07, 6.45) is 1.95. The smallest absolute Gasteiger partial charge is 0.252 e. The molecule has 0 aliphatic carbocycles. The minimum Gasteiger partial charge on any atom is -0.340 e. The van der Waals surface area contributed by atoms with E-state index in [0.29, 0.717) is 23.6 Å². The van der Waals surface area contributed by atoms with E-state index in [1.807, 2.05) is 11.0 Å². The van der Waals surface area contributed by atoms with Gasteiger partial charge in [-0.25, -0.2) is 12.7 Å². The van der Waals surface area contributed by atoms with E-state index in [9.17, 15) is 13.2 Å². The predicted octanol–water partition coefficient (Wildman–Crippen LogP) is 2.54. The molecule has 1 aromatic carbocycles. The number of piperazine rings is 1. The van der Waals surface area contributed by atoms with Gasteiger partial charge in [-0.3, -0.25) is 9.69 Å². The molecule has 1 aliphatic heterocycles. The maximum Gasteiger partial charge on any atom is 0.252 e. The molecule has 2 aromatic rings. The predicted molar refractivity (Wildman–Crippen MR) is 117 cm³/mol. The number of nitrogens with zero attached hydrogens (tertiary/aromatic N) is 3. The lowest BCUT2D eigenvalue weighted by atomic mass is 10.1. The number of rotatable bonds is 9. The average molecular weight is 436 g/mol. The van der Waals surface area contributed by atoms with Gasteiger partial charge in [-0.1, -0.05) is 36.4 Å². The summed E-state index contributed by atoms with van der Waals surface area (Å²) < 4.78 is 26.5. The number of hydrogen-bond donors (Lipinski definition) is 0. The van der Waals surface area contributed by atoms with Crippen molar-refractivity contribution in [2.45, 2.75) is 23.5 Å². The van der Waals surface area contributed by atoms with Crippen molar-refractivity contribution in [3.8, 4) is 0 Å². The highest BCUT2D eigenvalue weighted by atomic mass is 32.2. The van der Waals surface area contributed by atoms with Gasteiger partial charge in [-0.2, -0.15) is 0 Å². The van der Waals surface area contributed by atoms with Crippen LogP contribution in [0.25, 0.3) is 0 Å². The van der Waals surface area contributed by atoms with Gasteiger partial charge in [0.05, 0.1) is 0 Å². The highest BCUT2D eigenvalue weighted by Crippen LogP contribution is 2.20. The van der Waals surface area contributed by atoms with E-state index in [1.165, 1.54) is 21.2 Å². The third kappa shape index (κ3) is 6.12. The van der Waals surface area contributed by atoms with Gasteiger partial charge < -0.3 is 4.90 Å². The van der Waals surface area contributed by atoms with E-state index in [2.05, 4.69) is 29.2 Å². The molecule has 158 valence electrons. The Morgan fingerprint density at radius 1 is 1.07 bits per heavy atom. The van der Waals surface area contributed by atoms with Crippen LogP contribution in [0.4, 0.5) is 0 Å². The normalized spacial score (nSPS) is 15.7. The maximum atomic E-state index is 12.5. The number of hydrogen-bond acceptors (Lipinski definition) is 5. The summed E-state index contributed by atoms with van der Waals surface area (Å²) >= 11 is 1.21. The van der Waals surface area contributed by atoms with Crippen molar-refractivity contribution in [3.05, 3.63) is 53.4 Å². The van der Waals surface area contributed by atoms with Crippen LogP contribution in [0.15, 0.2) is 52.1 Å². The number of thiophene rings is 1. The van der Waals surface area contributed by atoms with Crippen LogP contribution in [0, 0.1) is 0 Å². The van der Waals surface area contributed by atoms with Crippen LogP contribution >= 0.6 is 11.3 Å². The van der Waals surface area contributed by atoms with Gasteiger partial charge in [-0.15, -0.1) is 11.3 Å². The van der Waals surface area contributed by atoms with E-state index in [-0.39, 0.29) is 5.91 Å². The molecule has 1 aromatic heterocycles. The molecule has 0 radical (unpaired) electrons. The molecule has 0 spiro atoms. The second-order valence-corrected chi connectivity index (χ2v) is 10.5. The number of sulfonamides is 1. The molecular weight excluding hydrogens is 406 g/mol. The van der Waals surface area contributed by atoms with Gasteiger partial charge in [0, 0.05) is 52.7 Å². The fourth-order valence-electron chi connectivity index (χ4n) is 3.45. The molecule has 8 heteroatoms. The summed E-state index contributed by atoms with van der Waals surface area (Å²) in [6.45, 7) is 4.64. The van der Waals surface area contributed by atoms with E-state index in [4.69, 9.17) is 0 Å². The summed E-state index contributed by atoms with van der Waals surface area (Å²) in [6, 6.07) is 13.8. The first-order valence-corrected chi connectivity index (χ1v) is 12.3. The Morgan fingerprint density at radius 3 is 2.45 bits per heavy atom. The lowest BCUT2D eigenvalue weighted by Crippen LogP contribution is -2.49. The van der Waals surface area contributed by atoms with Crippen molar-refractivity contribution in [2.24, 2.45) is 0 Å². The van der Waals surface area contributed by atoms with Crippen molar-refractivity contribution >= 4 is 27.3 Å². The van der Waals surface area contributed by atoms with E-state index >= 15 is 0 Å². The molecule has 1 aliphatic rings. The molecule has 0 bridgehead atoms. The topological polar surface area (TPSA) is 60.9 Å². The summed E-state index contributed by atoms with van der Waals surface area (Å²) in [4.78, 5) is 16.8. The molecule has 1 amide bonds. The Hall–Kier alpha value is -1.74. The Labute approximate surface area is 177 Å². The monoisotopic (exact) mass is 435 g/mol. The molecule has 1 saturated heterocycles. The van der Waals surface area contributed by atoms with Gasteiger partial charge in [0.15, 0.2) is 0 Å². The third-order valence-electron chi connectivity index (χ3n) is 5.31. The first kappa shape index (κ1) is 22.0. The van der Waals surface area contributed by atoms with Crippen LogP contribution in [0.5, 0.6) is 0 Å². The fourth-order valence-corrected chi connectivity index (χ4v) is 5.86. The van der Waals surface area contributed by atoms with E-state index in [0.717, 1.165) is 39.1 Å². The van der Waals surface area contributed by atoms with Crippen molar-refractivity contribution in [3.63, 3.8) is 0 Å². The van der Waals surface area contributed by atoms with Crippen molar-refractivity contribution < 1.29 is 13.2 Å². The Kier molecular flexibility index (Phi) is 7.83. The highest BCUT2D eigenvalue weighted by molar-refractivity contribution is 7.91. The first-order valence-electron chi connectivity index (χ1n) is 10.0. The van der Waals surface area contributed by atoms with Gasteiger partial charge in [0.1, 0.15) is 4.21 Å². The summed E-state index contributed by atoms with van der Waals surface area (Å²) in [5, 5.41) is 1.75. The largest absolute Gasteiger partial charge is 0.340 e. The minimum atomic E-state index is -3.43. The van der Waals surface area contributed by atoms with Crippen LogP contribution < -0.4 is 0 Å². The molecule has 0 unspecified atom stereocenters. The van der Waals surface area contributed by atoms with Crippen LogP contribution in [-0.2, 0) is 21.2 Å².